The monoisotopic (exact) mass is 464 g/mol. The quantitative estimate of drug-likeness (QED) is 0.464. The highest BCUT2D eigenvalue weighted by molar-refractivity contribution is 9.10. The Morgan fingerprint density at radius 1 is 1.13 bits per heavy atom. The molecule has 7 nitrogen and oxygen atoms in total. The summed E-state index contributed by atoms with van der Waals surface area (Å²) in [5.41, 5.74) is 2.01. The summed E-state index contributed by atoms with van der Waals surface area (Å²) in [5.74, 6) is 0.621. The molecule has 8 heteroatoms. The van der Waals surface area contributed by atoms with Gasteiger partial charge in [0.25, 0.3) is 11.8 Å². The van der Waals surface area contributed by atoms with Crippen molar-refractivity contribution in [2.45, 2.75) is 18.9 Å². The molecule has 0 saturated carbocycles. The van der Waals surface area contributed by atoms with Crippen LogP contribution in [-0.2, 0) is 9.53 Å². The van der Waals surface area contributed by atoms with Crippen LogP contribution in [0.1, 0.15) is 12.8 Å². The van der Waals surface area contributed by atoms with Gasteiger partial charge in [-0.1, -0.05) is 39.3 Å². The molecule has 30 heavy (non-hydrogen) atoms. The maximum Gasteiger partial charge on any atom is 0.258 e. The number of benzene rings is 2. The molecule has 1 atom stereocenters. The van der Waals surface area contributed by atoms with Crippen molar-refractivity contribution < 1.29 is 14.1 Å². The zero-order valence-corrected chi connectivity index (χ0v) is 17.4. The number of anilines is 1. The number of nitrogens with one attached hydrogen (secondary N) is 1. The molecule has 2 aromatic carbocycles. The number of carbonyl (C=O) groups excluding carboxylic acids is 1. The number of pyridine rings is 1. The van der Waals surface area contributed by atoms with Gasteiger partial charge >= 0.3 is 0 Å². The van der Waals surface area contributed by atoms with E-state index in [0.717, 1.165) is 28.1 Å². The average molecular weight is 465 g/mol. The lowest BCUT2D eigenvalue weighted by atomic mass is 10.1. The first-order valence-corrected chi connectivity index (χ1v) is 10.4. The van der Waals surface area contributed by atoms with Gasteiger partial charge in [0.05, 0.1) is 0 Å². The Labute approximate surface area is 180 Å². The molecule has 1 aliphatic heterocycles. The van der Waals surface area contributed by atoms with Gasteiger partial charge in [0.15, 0.2) is 0 Å². The van der Waals surface area contributed by atoms with Crippen LogP contribution < -0.4 is 5.32 Å². The first-order valence-electron chi connectivity index (χ1n) is 9.59. The number of hydrogen-bond acceptors (Lipinski definition) is 6. The number of nitrogens with zero attached hydrogens (tertiary/aromatic N) is 3. The van der Waals surface area contributed by atoms with Crippen LogP contribution in [-0.4, -0.2) is 33.7 Å². The van der Waals surface area contributed by atoms with E-state index in [1.54, 1.807) is 12.3 Å². The second-order valence-corrected chi connectivity index (χ2v) is 7.84. The van der Waals surface area contributed by atoms with Crippen LogP contribution >= 0.6 is 15.9 Å². The molecule has 4 aromatic rings. The van der Waals surface area contributed by atoms with Gasteiger partial charge in [-0.15, -0.1) is 0 Å². The second-order valence-electron chi connectivity index (χ2n) is 6.99. The van der Waals surface area contributed by atoms with E-state index < -0.39 is 0 Å². The van der Waals surface area contributed by atoms with Crippen LogP contribution in [0.2, 0.25) is 0 Å². The molecule has 0 spiro atoms. The topological polar surface area (TPSA) is 90.1 Å². The maximum absolute atomic E-state index is 12.3. The third-order valence-electron chi connectivity index (χ3n) is 4.99. The Morgan fingerprint density at radius 2 is 2.03 bits per heavy atom. The van der Waals surface area contributed by atoms with Gasteiger partial charge in [-0.05, 0) is 48.6 Å². The highest BCUT2D eigenvalue weighted by Gasteiger charge is 2.23. The van der Waals surface area contributed by atoms with E-state index >= 15 is 0 Å². The molecule has 1 fully saturated rings. The molecular formula is C22H17BrN4O3. The third-order valence-corrected chi connectivity index (χ3v) is 5.68. The van der Waals surface area contributed by atoms with Crippen molar-refractivity contribution in [2.24, 2.45) is 0 Å². The predicted molar refractivity (Wildman–Crippen MR) is 116 cm³/mol. The average Bonchev–Trinajstić information content (AvgIpc) is 3.47. The maximum atomic E-state index is 12.3. The first-order chi connectivity index (χ1) is 14.7. The highest BCUT2D eigenvalue weighted by atomic mass is 79.9. The van der Waals surface area contributed by atoms with E-state index in [2.05, 4.69) is 36.4 Å². The number of ether oxygens (including phenoxy) is 1. The molecule has 3 heterocycles. The van der Waals surface area contributed by atoms with Crippen LogP contribution in [0.15, 0.2) is 63.7 Å². The minimum atomic E-state index is -0.388. The number of fused-ring (bicyclic) bond motifs is 1. The van der Waals surface area contributed by atoms with E-state index in [0.29, 0.717) is 35.3 Å². The zero-order valence-electron chi connectivity index (χ0n) is 15.8. The van der Waals surface area contributed by atoms with Crippen LogP contribution in [0.5, 0.6) is 0 Å². The van der Waals surface area contributed by atoms with E-state index in [1.165, 1.54) is 0 Å². The molecule has 1 saturated heterocycles. The number of amides is 1. The lowest BCUT2D eigenvalue weighted by Gasteiger charge is -2.10. The van der Waals surface area contributed by atoms with E-state index in [9.17, 15) is 4.79 Å². The van der Waals surface area contributed by atoms with Gasteiger partial charge in [0.2, 0.25) is 5.82 Å². The second kappa shape index (κ2) is 7.97. The fourth-order valence-electron chi connectivity index (χ4n) is 3.52. The number of halogens is 1. The fourth-order valence-corrected chi connectivity index (χ4v) is 4.02. The Morgan fingerprint density at radius 3 is 2.90 bits per heavy atom. The lowest BCUT2D eigenvalue weighted by Crippen LogP contribution is -2.26. The summed E-state index contributed by atoms with van der Waals surface area (Å²) in [5, 5.41) is 8.97. The minimum Gasteiger partial charge on any atom is -0.368 e. The van der Waals surface area contributed by atoms with Crippen molar-refractivity contribution in [3.63, 3.8) is 0 Å². The molecule has 1 N–H and O–H groups in total. The molecule has 0 bridgehead atoms. The minimum absolute atomic E-state index is 0.138. The Kier molecular flexibility index (Phi) is 5.02. The van der Waals surface area contributed by atoms with Gasteiger partial charge < -0.3 is 14.6 Å². The summed E-state index contributed by atoms with van der Waals surface area (Å²) in [6.45, 7) is 0.627. The number of aromatic nitrogens is 3. The van der Waals surface area contributed by atoms with Crippen LogP contribution in [0.4, 0.5) is 5.69 Å². The molecule has 0 radical (unpaired) electrons. The molecular weight excluding hydrogens is 448 g/mol. The molecule has 1 aliphatic rings. The molecule has 2 aromatic heterocycles. The van der Waals surface area contributed by atoms with E-state index in [-0.39, 0.29) is 12.0 Å². The van der Waals surface area contributed by atoms with Crippen molar-refractivity contribution in [1.29, 1.82) is 0 Å². The van der Waals surface area contributed by atoms with E-state index in [1.807, 2.05) is 42.5 Å². The molecule has 1 amide bonds. The first kappa shape index (κ1) is 18.9. The molecule has 5 rings (SSSR count). The van der Waals surface area contributed by atoms with Crippen molar-refractivity contribution >= 4 is 38.3 Å². The standard InChI is InChI=1S/C22H17BrN4O3/c23-17-7-2-6-16-15(17)9-10-24-19(16)20-26-22(30-27-20)13-4-1-5-14(12-13)25-21(28)18-8-3-11-29-18/h1-2,4-7,9-10,12,18H,3,8,11H2,(H,25,28). The van der Waals surface area contributed by atoms with Crippen molar-refractivity contribution in [2.75, 3.05) is 11.9 Å². The molecule has 1 unspecified atom stereocenters. The van der Waals surface area contributed by atoms with Gasteiger partial charge in [0, 0.05) is 33.9 Å². The normalized spacial score (nSPS) is 16.1. The van der Waals surface area contributed by atoms with Gasteiger partial charge in [-0.2, -0.15) is 4.98 Å². The molecule has 150 valence electrons. The van der Waals surface area contributed by atoms with Gasteiger partial charge in [-0.25, -0.2) is 0 Å². The summed E-state index contributed by atoms with van der Waals surface area (Å²) in [6.07, 6.45) is 2.98. The summed E-state index contributed by atoms with van der Waals surface area (Å²) < 4.78 is 11.9. The number of carbonyl (C=O) groups is 1. The number of rotatable bonds is 4. The Hall–Kier alpha value is -3.10. The van der Waals surface area contributed by atoms with Crippen molar-refractivity contribution in [3.05, 3.63) is 59.2 Å². The molecule has 0 aliphatic carbocycles. The largest absolute Gasteiger partial charge is 0.368 e. The summed E-state index contributed by atoms with van der Waals surface area (Å²) in [6, 6.07) is 15.1. The SMILES string of the molecule is O=C(Nc1cccc(-c2nc(-c3nccc4c(Br)cccc34)no2)c1)C1CCCO1. The summed E-state index contributed by atoms with van der Waals surface area (Å²) >= 11 is 3.56. The van der Waals surface area contributed by atoms with Crippen LogP contribution in [0, 0.1) is 0 Å². The summed E-state index contributed by atoms with van der Waals surface area (Å²) in [4.78, 5) is 21.3. The van der Waals surface area contributed by atoms with Crippen molar-refractivity contribution in [1.82, 2.24) is 15.1 Å². The Bertz CT molecular complexity index is 1230. The van der Waals surface area contributed by atoms with Gasteiger partial charge in [0.1, 0.15) is 11.8 Å². The van der Waals surface area contributed by atoms with Crippen LogP contribution in [0.3, 0.4) is 0 Å². The fraction of sp³-hybridized carbons (Fsp3) is 0.182. The summed E-state index contributed by atoms with van der Waals surface area (Å²) in [7, 11) is 0. The van der Waals surface area contributed by atoms with E-state index in [4.69, 9.17) is 9.26 Å². The smallest absolute Gasteiger partial charge is 0.258 e. The Balaban J connectivity index is 1.44. The third kappa shape index (κ3) is 3.59. The van der Waals surface area contributed by atoms with Gasteiger partial charge in [-0.3, -0.25) is 9.78 Å². The lowest BCUT2D eigenvalue weighted by molar-refractivity contribution is -0.124. The zero-order chi connectivity index (χ0) is 20.5. The highest BCUT2D eigenvalue weighted by Crippen LogP contribution is 2.31. The van der Waals surface area contributed by atoms with Crippen LogP contribution in [0.25, 0.3) is 33.7 Å². The van der Waals surface area contributed by atoms with Crippen molar-refractivity contribution in [3.8, 4) is 23.0 Å². The number of hydrogen-bond donors (Lipinski definition) is 1. The predicted octanol–water partition coefficient (Wildman–Crippen LogP) is 4.83.